The fourth-order valence-electron chi connectivity index (χ4n) is 1.98. The highest BCUT2D eigenvalue weighted by molar-refractivity contribution is 5.73. The van der Waals surface area contributed by atoms with Crippen molar-refractivity contribution in [2.24, 2.45) is 0 Å². The first-order valence-corrected chi connectivity index (χ1v) is 5.43. The Hall–Kier alpha value is -2.36. The van der Waals surface area contributed by atoms with E-state index in [0.717, 1.165) is 22.7 Å². The molecule has 1 aromatic carbocycles. The van der Waals surface area contributed by atoms with Gasteiger partial charge in [0.05, 0.1) is 0 Å². The minimum atomic E-state index is 0.713. The summed E-state index contributed by atoms with van der Waals surface area (Å²) in [6.07, 6.45) is 0. The van der Waals surface area contributed by atoms with Gasteiger partial charge >= 0.3 is 0 Å². The Morgan fingerprint density at radius 3 is 2.65 bits per heavy atom. The fraction of sp³-hybridized carbons (Fsp3) is 0.0769. The number of hydrogen-bond acceptors (Lipinski definition) is 3. The number of nitrogens with zero attached hydrogens (tertiary/aromatic N) is 3. The first-order chi connectivity index (χ1) is 8.27. The number of para-hydroxylation sites is 1. The Bertz CT molecular complexity index is 685. The van der Waals surface area contributed by atoms with Crippen molar-refractivity contribution in [1.29, 1.82) is 0 Å². The highest BCUT2D eigenvalue weighted by Crippen LogP contribution is 2.24. The topological polar surface area (TPSA) is 56.2 Å². The van der Waals surface area contributed by atoms with Crippen LogP contribution in [0.4, 0.5) is 5.69 Å². The van der Waals surface area contributed by atoms with E-state index in [1.165, 1.54) is 0 Å². The van der Waals surface area contributed by atoms with Gasteiger partial charge in [-0.3, -0.25) is 4.40 Å². The van der Waals surface area contributed by atoms with Gasteiger partial charge in [0.15, 0.2) is 11.5 Å². The van der Waals surface area contributed by atoms with E-state index in [9.17, 15) is 0 Å². The molecule has 0 saturated carbocycles. The molecule has 3 aromatic rings. The van der Waals surface area contributed by atoms with Gasteiger partial charge in [-0.25, -0.2) is 0 Å². The summed E-state index contributed by atoms with van der Waals surface area (Å²) in [7, 11) is 0. The standard InChI is InChI=1S/C13H12N4/c1-9-5-4-8-12-15-16-13(17(9)12)10-6-2-3-7-11(10)14/h2-8H,14H2,1H3. The number of benzene rings is 1. The molecule has 4 nitrogen and oxygen atoms in total. The quantitative estimate of drug-likeness (QED) is 0.645. The molecular formula is C13H12N4. The molecule has 0 unspecified atom stereocenters. The summed E-state index contributed by atoms with van der Waals surface area (Å²) in [5.74, 6) is 0.788. The van der Waals surface area contributed by atoms with E-state index in [4.69, 9.17) is 5.73 Å². The van der Waals surface area contributed by atoms with Crippen LogP contribution in [0, 0.1) is 6.92 Å². The minimum absolute atomic E-state index is 0.713. The Kier molecular flexibility index (Phi) is 2.08. The maximum absolute atomic E-state index is 5.97. The van der Waals surface area contributed by atoms with E-state index < -0.39 is 0 Å². The number of fused-ring (bicyclic) bond motifs is 1. The van der Waals surface area contributed by atoms with Crippen molar-refractivity contribution in [3.63, 3.8) is 0 Å². The van der Waals surface area contributed by atoms with Crippen LogP contribution in [-0.2, 0) is 0 Å². The van der Waals surface area contributed by atoms with Gasteiger partial charge in [0.1, 0.15) is 0 Å². The van der Waals surface area contributed by atoms with E-state index in [0.29, 0.717) is 5.69 Å². The number of aryl methyl sites for hydroxylation is 1. The number of pyridine rings is 1. The molecule has 2 aromatic heterocycles. The number of rotatable bonds is 1. The normalized spacial score (nSPS) is 10.9. The molecule has 3 rings (SSSR count). The summed E-state index contributed by atoms with van der Waals surface area (Å²) in [6, 6.07) is 13.6. The first-order valence-electron chi connectivity index (χ1n) is 5.43. The van der Waals surface area contributed by atoms with E-state index in [1.807, 2.05) is 53.8 Å². The summed E-state index contributed by atoms with van der Waals surface area (Å²) in [5.41, 5.74) is 9.52. The zero-order chi connectivity index (χ0) is 11.8. The molecular weight excluding hydrogens is 212 g/mol. The Labute approximate surface area is 98.7 Å². The number of aromatic nitrogens is 3. The number of nitrogens with two attached hydrogens (primary N) is 1. The summed E-state index contributed by atoms with van der Waals surface area (Å²) < 4.78 is 2.01. The van der Waals surface area contributed by atoms with E-state index in [2.05, 4.69) is 10.2 Å². The van der Waals surface area contributed by atoms with Crippen LogP contribution in [0.25, 0.3) is 17.0 Å². The fourth-order valence-corrected chi connectivity index (χ4v) is 1.98. The van der Waals surface area contributed by atoms with Crippen molar-refractivity contribution in [2.45, 2.75) is 6.92 Å². The molecule has 17 heavy (non-hydrogen) atoms. The van der Waals surface area contributed by atoms with Crippen LogP contribution in [0.15, 0.2) is 42.5 Å². The molecule has 0 aliphatic carbocycles. The minimum Gasteiger partial charge on any atom is -0.398 e. The van der Waals surface area contributed by atoms with Crippen LogP contribution in [0.1, 0.15) is 5.69 Å². The second-order valence-electron chi connectivity index (χ2n) is 3.97. The molecule has 2 heterocycles. The molecule has 0 spiro atoms. The third kappa shape index (κ3) is 1.45. The molecule has 2 N–H and O–H groups in total. The molecule has 0 amide bonds. The van der Waals surface area contributed by atoms with Gasteiger partial charge in [-0.05, 0) is 31.2 Å². The van der Waals surface area contributed by atoms with Gasteiger partial charge in [0.25, 0.3) is 0 Å². The lowest BCUT2D eigenvalue weighted by Gasteiger charge is -2.05. The molecule has 84 valence electrons. The van der Waals surface area contributed by atoms with Crippen molar-refractivity contribution in [1.82, 2.24) is 14.6 Å². The van der Waals surface area contributed by atoms with E-state index in [-0.39, 0.29) is 0 Å². The predicted octanol–water partition coefficient (Wildman–Crippen LogP) is 2.29. The van der Waals surface area contributed by atoms with E-state index >= 15 is 0 Å². The maximum atomic E-state index is 5.97. The van der Waals surface area contributed by atoms with Crippen LogP contribution >= 0.6 is 0 Å². The summed E-state index contributed by atoms with van der Waals surface area (Å²) in [5, 5.41) is 8.37. The lowest BCUT2D eigenvalue weighted by molar-refractivity contribution is 1.08. The van der Waals surface area contributed by atoms with Crippen molar-refractivity contribution in [3.05, 3.63) is 48.2 Å². The zero-order valence-corrected chi connectivity index (χ0v) is 9.46. The van der Waals surface area contributed by atoms with Crippen molar-refractivity contribution in [3.8, 4) is 11.4 Å². The maximum Gasteiger partial charge on any atom is 0.170 e. The Morgan fingerprint density at radius 1 is 1.00 bits per heavy atom. The highest BCUT2D eigenvalue weighted by Gasteiger charge is 2.11. The highest BCUT2D eigenvalue weighted by atomic mass is 15.2. The van der Waals surface area contributed by atoms with Gasteiger partial charge in [0, 0.05) is 16.9 Å². The Morgan fingerprint density at radius 2 is 1.82 bits per heavy atom. The van der Waals surface area contributed by atoms with Crippen LogP contribution in [-0.4, -0.2) is 14.6 Å². The second kappa shape index (κ2) is 3.59. The molecule has 4 heteroatoms. The van der Waals surface area contributed by atoms with Gasteiger partial charge in [-0.1, -0.05) is 18.2 Å². The number of hydrogen-bond donors (Lipinski definition) is 1. The third-order valence-electron chi connectivity index (χ3n) is 2.83. The van der Waals surface area contributed by atoms with Crippen molar-refractivity contribution >= 4 is 11.3 Å². The van der Waals surface area contributed by atoms with Crippen LogP contribution in [0.2, 0.25) is 0 Å². The van der Waals surface area contributed by atoms with Crippen molar-refractivity contribution < 1.29 is 0 Å². The summed E-state index contributed by atoms with van der Waals surface area (Å²) >= 11 is 0. The van der Waals surface area contributed by atoms with Gasteiger partial charge < -0.3 is 5.73 Å². The molecule has 0 bridgehead atoms. The molecule has 0 aliphatic rings. The first kappa shape index (κ1) is 9.84. The van der Waals surface area contributed by atoms with E-state index in [1.54, 1.807) is 0 Å². The predicted molar refractivity (Wildman–Crippen MR) is 67.6 cm³/mol. The lowest BCUT2D eigenvalue weighted by atomic mass is 10.1. The smallest absolute Gasteiger partial charge is 0.170 e. The molecule has 0 fully saturated rings. The van der Waals surface area contributed by atoms with Gasteiger partial charge in [0.2, 0.25) is 0 Å². The van der Waals surface area contributed by atoms with Crippen LogP contribution in [0.5, 0.6) is 0 Å². The molecule has 0 radical (unpaired) electrons. The average molecular weight is 224 g/mol. The average Bonchev–Trinajstić information content (AvgIpc) is 2.75. The van der Waals surface area contributed by atoms with Gasteiger partial charge in [-0.2, -0.15) is 0 Å². The largest absolute Gasteiger partial charge is 0.398 e. The molecule has 0 aliphatic heterocycles. The van der Waals surface area contributed by atoms with Crippen LogP contribution < -0.4 is 5.73 Å². The SMILES string of the molecule is Cc1cccc2nnc(-c3ccccc3N)n12. The van der Waals surface area contributed by atoms with Crippen LogP contribution in [0.3, 0.4) is 0 Å². The van der Waals surface area contributed by atoms with Crippen molar-refractivity contribution in [2.75, 3.05) is 5.73 Å². The lowest BCUT2D eigenvalue weighted by Crippen LogP contribution is -1.96. The second-order valence-corrected chi connectivity index (χ2v) is 3.97. The number of nitrogen functional groups attached to an aromatic ring is 1. The molecule has 0 saturated heterocycles. The monoisotopic (exact) mass is 224 g/mol. The summed E-state index contributed by atoms with van der Waals surface area (Å²) in [6.45, 7) is 2.03. The summed E-state index contributed by atoms with van der Waals surface area (Å²) in [4.78, 5) is 0. The third-order valence-corrected chi connectivity index (χ3v) is 2.83. The zero-order valence-electron chi connectivity index (χ0n) is 9.46. The Balaban J connectivity index is 2.36. The number of anilines is 1. The van der Waals surface area contributed by atoms with Gasteiger partial charge in [-0.15, -0.1) is 10.2 Å². The molecule has 0 atom stereocenters.